The van der Waals surface area contributed by atoms with Crippen LogP contribution in [-0.2, 0) is 33.7 Å². The molecule has 0 aliphatic heterocycles. The van der Waals surface area contributed by atoms with E-state index in [0.29, 0.717) is 40.2 Å². The zero-order valence-corrected chi connectivity index (χ0v) is 20.7. The van der Waals surface area contributed by atoms with Crippen LogP contribution < -0.4 is 10.9 Å². The molecule has 0 saturated carbocycles. The highest BCUT2D eigenvalue weighted by Crippen LogP contribution is 2.40. The Balaban J connectivity index is 1.53. The number of ether oxygens (including phenoxy) is 2. The molecule has 2 heterocycles. The Kier molecular flexibility index (Phi) is 7.30. The number of esters is 2. The van der Waals surface area contributed by atoms with Crippen molar-refractivity contribution in [2.75, 3.05) is 19.0 Å². The number of fused-ring (bicyclic) bond motifs is 2. The number of anilines is 1. The maximum Gasteiger partial charge on any atom is 0.359 e. The first-order chi connectivity index (χ1) is 16.8. The molecule has 1 amide bonds. The van der Waals surface area contributed by atoms with Crippen LogP contribution in [0.2, 0.25) is 0 Å². The molecule has 1 N–H and O–H groups in total. The number of nitrogens with zero attached hydrogens (tertiary/aromatic N) is 2. The lowest BCUT2D eigenvalue weighted by atomic mass is 9.88. The van der Waals surface area contributed by atoms with Crippen LogP contribution in [0.15, 0.2) is 29.1 Å². The number of amides is 1. The SMILES string of the molecule is CCCn1nc(C(=O)OCC(=O)Nc2sc3c(c2C(=O)OC)CCC(C)C3)c2ccccc2c1=O. The number of methoxy groups -OCH3 is 1. The second-order valence-corrected chi connectivity index (χ2v) is 9.70. The molecule has 1 aliphatic carbocycles. The third-order valence-corrected chi connectivity index (χ3v) is 7.15. The lowest BCUT2D eigenvalue weighted by Crippen LogP contribution is -2.27. The lowest BCUT2D eigenvalue weighted by molar-refractivity contribution is -0.119. The second-order valence-electron chi connectivity index (χ2n) is 8.59. The summed E-state index contributed by atoms with van der Waals surface area (Å²) in [5, 5.41) is 8.02. The number of thiophene rings is 1. The molecule has 2 aromatic heterocycles. The monoisotopic (exact) mass is 497 g/mol. The first-order valence-electron chi connectivity index (χ1n) is 11.5. The standard InChI is InChI=1S/C25H27N3O6S/c1-4-11-28-23(30)16-8-6-5-7-15(16)21(27-28)25(32)34-13-19(29)26-22-20(24(31)33-3)17-10-9-14(2)12-18(17)35-22/h5-8,14H,4,9-13H2,1-3H3,(H,26,29). The van der Waals surface area contributed by atoms with E-state index >= 15 is 0 Å². The summed E-state index contributed by atoms with van der Waals surface area (Å²) in [6, 6.07) is 6.66. The van der Waals surface area contributed by atoms with Gasteiger partial charge in [0.2, 0.25) is 0 Å². The molecule has 9 nitrogen and oxygen atoms in total. The molecule has 1 unspecified atom stereocenters. The highest BCUT2D eigenvalue weighted by atomic mass is 32.1. The molecule has 0 saturated heterocycles. The van der Waals surface area contributed by atoms with Gasteiger partial charge in [-0.1, -0.05) is 32.0 Å². The van der Waals surface area contributed by atoms with E-state index in [9.17, 15) is 19.2 Å². The van der Waals surface area contributed by atoms with E-state index in [1.807, 2.05) is 6.92 Å². The minimum atomic E-state index is -0.811. The summed E-state index contributed by atoms with van der Waals surface area (Å²) in [5.41, 5.74) is 0.972. The van der Waals surface area contributed by atoms with Gasteiger partial charge in [0.05, 0.1) is 18.1 Å². The molecule has 10 heteroatoms. The summed E-state index contributed by atoms with van der Waals surface area (Å²) >= 11 is 1.36. The zero-order chi connectivity index (χ0) is 25.1. The number of rotatable bonds is 7. The number of aromatic nitrogens is 2. The van der Waals surface area contributed by atoms with E-state index in [0.717, 1.165) is 29.7 Å². The van der Waals surface area contributed by atoms with Gasteiger partial charge in [-0.2, -0.15) is 5.10 Å². The molecule has 0 radical (unpaired) electrons. The molecule has 3 aromatic rings. The predicted molar refractivity (Wildman–Crippen MR) is 132 cm³/mol. The summed E-state index contributed by atoms with van der Waals surface area (Å²) in [5.74, 6) is -1.40. The third kappa shape index (κ3) is 4.97. The van der Waals surface area contributed by atoms with Crippen molar-refractivity contribution in [3.63, 3.8) is 0 Å². The lowest BCUT2D eigenvalue weighted by Gasteiger charge is -2.18. The first-order valence-corrected chi connectivity index (χ1v) is 12.3. The van der Waals surface area contributed by atoms with E-state index in [1.165, 1.54) is 23.1 Å². The van der Waals surface area contributed by atoms with Gasteiger partial charge in [-0.25, -0.2) is 14.3 Å². The van der Waals surface area contributed by atoms with Gasteiger partial charge in [-0.15, -0.1) is 11.3 Å². The Labute approximate surface area is 206 Å². The molecular weight excluding hydrogens is 470 g/mol. The van der Waals surface area contributed by atoms with Gasteiger partial charge in [0, 0.05) is 16.8 Å². The van der Waals surface area contributed by atoms with Crippen molar-refractivity contribution in [1.82, 2.24) is 9.78 Å². The summed E-state index contributed by atoms with van der Waals surface area (Å²) in [6.45, 7) is 3.83. The molecule has 4 rings (SSSR count). The van der Waals surface area contributed by atoms with Gasteiger partial charge < -0.3 is 14.8 Å². The summed E-state index contributed by atoms with van der Waals surface area (Å²) in [6.07, 6.45) is 3.20. The maximum absolute atomic E-state index is 12.8. The maximum atomic E-state index is 12.8. The Morgan fingerprint density at radius 3 is 2.66 bits per heavy atom. The fraction of sp³-hybridized carbons (Fsp3) is 0.400. The topological polar surface area (TPSA) is 117 Å². The van der Waals surface area contributed by atoms with Gasteiger partial charge >= 0.3 is 11.9 Å². The average molecular weight is 498 g/mol. The van der Waals surface area contributed by atoms with Gasteiger partial charge in [-0.3, -0.25) is 9.59 Å². The van der Waals surface area contributed by atoms with Crippen molar-refractivity contribution in [3.8, 4) is 0 Å². The van der Waals surface area contributed by atoms with E-state index in [4.69, 9.17) is 9.47 Å². The van der Waals surface area contributed by atoms with Crippen LogP contribution >= 0.6 is 11.3 Å². The number of hydrogen-bond donors (Lipinski definition) is 1. The molecule has 1 atom stereocenters. The minimum Gasteiger partial charge on any atom is -0.465 e. The van der Waals surface area contributed by atoms with Gasteiger partial charge in [0.25, 0.3) is 11.5 Å². The molecule has 184 valence electrons. The summed E-state index contributed by atoms with van der Waals surface area (Å²) in [7, 11) is 1.31. The molecule has 0 spiro atoms. The number of nitrogens with one attached hydrogen (secondary N) is 1. The number of carbonyl (C=O) groups excluding carboxylic acids is 3. The van der Waals surface area contributed by atoms with Crippen LogP contribution in [-0.4, -0.2) is 41.3 Å². The molecule has 35 heavy (non-hydrogen) atoms. The quantitative estimate of drug-likeness (QED) is 0.496. The Bertz CT molecular complexity index is 1360. The molecule has 0 fully saturated rings. The van der Waals surface area contributed by atoms with Crippen molar-refractivity contribution in [3.05, 3.63) is 56.3 Å². The van der Waals surface area contributed by atoms with E-state index in [1.54, 1.807) is 24.3 Å². The van der Waals surface area contributed by atoms with Crippen molar-refractivity contribution >= 4 is 45.0 Å². The van der Waals surface area contributed by atoms with Crippen molar-refractivity contribution in [2.45, 2.75) is 46.1 Å². The Morgan fingerprint density at radius 2 is 1.94 bits per heavy atom. The third-order valence-electron chi connectivity index (χ3n) is 5.99. The van der Waals surface area contributed by atoms with Crippen molar-refractivity contribution in [1.29, 1.82) is 0 Å². The number of hydrogen-bond acceptors (Lipinski definition) is 8. The van der Waals surface area contributed by atoms with Crippen LogP contribution in [0.5, 0.6) is 0 Å². The Morgan fingerprint density at radius 1 is 1.20 bits per heavy atom. The highest BCUT2D eigenvalue weighted by Gasteiger charge is 2.29. The zero-order valence-electron chi connectivity index (χ0n) is 19.9. The number of carbonyl (C=O) groups is 3. The molecule has 1 aliphatic rings. The summed E-state index contributed by atoms with van der Waals surface area (Å²) in [4.78, 5) is 51.6. The van der Waals surface area contributed by atoms with Crippen molar-refractivity contribution < 1.29 is 23.9 Å². The minimum absolute atomic E-state index is 0.0303. The fourth-order valence-corrected chi connectivity index (χ4v) is 5.68. The van der Waals surface area contributed by atoms with Crippen LogP contribution in [0.4, 0.5) is 5.00 Å². The van der Waals surface area contributed by atoms with Crippen molar-refractivity contribution in [2.24, 2.45) is 5.92 Å². The molecule has 1 aromatic carbocycles. The highest BCUT2D eigenvalue weighted by molar-refractivity contribution is 7.17. The first kappa shape index (κ1) is 24.6. The molecular formula is C25H27N3O6S. The predicted octanol–water partition coefficient (Wildman–Crippen LogP) is 3.57. The van der Waals surface area contributed by atoms with Gasteiger partial charge in [0.1, 0.15) is 5.00 Å². The summed E-state index contributed by atoms with van der Waals surface area (Å²) < 4.78 is 11.4. The van der Waals surface area contributed by atoms with Crippen LogP contribution in [0.3, 0.4) is 0 Å². The van der Waals surface area contributed by atoms with Crippen LogP contribution in [0, 0.1) is 5.92 Å². The van der Waals surface area contributed by atoms with E-state index in [-0.39, 0.29) is 11.3 Å². The number of aryl methyl sites for hydroxylation is 1. The second kappa shape index (κ2) is 10.4. The van der Waals surface area contributed by atoms with Gasteiger partial charge in [0.15, 0.2) is 12.3 Å². The smallest absolute Gasteiger partial charge is 0.359 e. The number of benzene rings is 1. The van der Waals surface area contributed by atoms with E-state index in [2.05, 4.69) is 17.3 Å². The average Bonchev–Trinajstić information content (AvgIpc) is 3.20. The largest absolute Gasteiger partial charge is 0.465 e. The fourth-order valence-electron chi connectivity index (χ4n) is 4.27. The Hall–Kier alpha value is -3.53. The molecule has 0 bridgehead atoms. The van der Waals surface area contributed by atoms with Crippen LogP contribution in [0.25, 0.3) is 10.8 Å². The van der Waals surface area contributed by atoms with E-state index < -0.39 is 24.5 Å². The van der Waals surface area contributed by atoms with Crippen LogP contribution in [0.1, 0.15) is 58.0 Å². The normalized spacial score (nSPS) is 14.9. The van der Waals surface area contributed by atoms with Gasteiger partial charge in [-0.05, 0) is 43.2 Å².